The predicted octanol–water partition coefficient (Wildman–Crippen LogP) is 2.24. The van der Waals surface area contributed by atoms with E-state index in [0.29, 0.717) is 6.04 Å². The van der Waals surface area contributed by atoms with Crippen LogP contribution in [0.2, 0.25) is 0 Å². The van der Waals surface area contributed by atoms with E-state index in [9.17, 15) is 0 Å². The molecule has 3 rings (SSSR count). The van der Waals surface area contributed by atoms with Crippen molar-refractivity contribution in [2.45, 2.75) is 43.9 Å². The van der Waals surface area contributed by atoms with Crippen LogP contribution in [-0.4, -0.2) is 33.4 Å². The molecule has 20 heavy (non-hydrogen) atoms. The predicted molar refractivity (Wildman–Crippen MR) is 77.6 cm³/mol. The average molecular weight is 277 g/mol. The van der Waals surface area contributed by atoms with E-state index in [1.165, 1.54) is 11.1 Å². The zero-order chi connectivity index (χ0) is 14.3. The second kappa shape index (κ2) is 4.93. The third-order valence-electron chi connectivity index (χ3n) is 4.76. The molecule has 2 aliphatic heterocycles. The van der Waals surface area contributed by atoms with Gasteiger partial charge in [0.05, 0.1) is 25.9 Å². The standard InChI is InChI=1S/C16H23NO3/c1-16-6-5-12(17-2)13(20-16)7-10-8-14(18-3)15(19-4)9-11(10)16/h8-9,12-13,17H,5-7H2,1-4H3/t12-,13-,16-/m0/s1. The van der Waals surface area contributed by atoms with E-state index in [1.807, 2.05) is 7.05 Å². The molecule has 0 aliphatic carbocycles. The quantitative estimate of drug-likeness (QED) is 0.920. The smallest absolute Gasteiger partial charge is 0.161 e. The number of nitrogens with one attached hydrogen (secondary N) is 1. The highest BCUT2D eigenvalue weighted by atomic mass is 16.5. The number of hydrogen-bond donors (Lipinski definition) is 1. The maximum Gasteiger partial charge on any atom is 0.161 e. The summed E-state index contributed by atoms with van der Waals surface area (Å²) in [7, 11) is 5.38. The number of methoxy groups -OCH3 is 2. The minimum atomic E-state index is -0.203. The third kappa shape index (κ3) is 1.98. The van der Waals surface area contributed by atoms with Crippen molar-refractivity contribution in [3.8, 4) is 11.5 Å². The Hall–Kier alpha value is -1.26. The van der Waals surface area contributed by atoms with Crippen LogP contribution in [0.4, 0.5) is 0 Å². The van der Waals surface area contributed by atoms with Gasteiger partial charge in [0.15, 0.2) is 11.5 Å². The maximum atomic E-state index is 6.35. The summed E-state index contributed by atoms with van der Waals surface area (Å²) in [4.78, 5) is 0. The summed E-state index contributed by atoms with van der Waals surface area (Å²) in [6, 6.07) is 4.63. The molecular formula is C16H23NO3. The lowest BCUT2D eigenvalue weighted by molar-refractivity contribution is -0.146. The van der Waals surface area contributed by atoms with Crippen LogP contribution < -0.4 is 14.8 Å². The zero-order valence-corrected chi connectivity index (χ0v) is 12.7. The first-order valence-electron chi connectivity index (χ1n) is 7.21. The largest absolute Gasteiger partial charge is 0.493 e. The van der Waals surface area contributed by atoms with Gasteiger partial charge in [-0.2, -0.15) is 0 Å². The molecule has 4 nitrogen and oxygen atoms in total. The first-order chi connectivity index (χ1) is 9.61. The van der Waals surface area contributed by atoms with Gasteiger partial charge < -0.3 is 19.5 Å². The van der Waals surface area contributed by atoms with Crippen LogP contribution in [0.5, 0.6) is 11.5 Å². The summed E-state index contributed by atoms with van der Waals surface area (Å²) >= 11 is 0. The average Bonchev–Trinajstić information content (AvgIpc) is 2.46. The van der Waals surface area contributed by atoms with E-state index in [-0.39, 0.29) is 11.7 Å². The van der Waals surface area contributed by atoms with Gasteiger partial charge in [0.1, 0.15) is 0 Å². The fourth-order valence-electron chi connectivity index (χ4n) is 3.60. The summed E-state index contributed by atoms with van der Waals surface area (Å²) in [6.07, 6.45) is 3.34. The van der Waals surface area contributed by atoms with Gasteiger partial charge >= 0.3 is 0 Å². The van der Waals surface area contributed by atoms with E-state index in [1.54, 1.807) is 14.2 Å². The normalized spacial score (nSPS) is 31.6. The molecule has 0 spiro atoms. The molecule has 1 aromatic carbocycles. The van der Waals surface area contributed by atoms with Crippen molar-refractivity contribution in [3.63, 3.8) is 0 Å². The Morgan fingerprint density at radius 2 is 1.95 bits per heavy atom. The van der Waals surface area contributed by atoms with E-state index in [0.717, 1.165) is 30.8 Å². The van der Waals surface area contributed by atoms with Crippen molar-refractivity contribution < 1.29 is 14.2 Å². The minimum absolute atomic E-state index is 0.203. The topological polar surface area (TPSA) is 39.7 Å². The second-order valence-electron chi connectivity index (χ2n) is 5.89. The fourth-order valence-corrected chi connectivity index (χ4v) is 3.60. The highest BCUT2D eigenvalue weighted by Crippen LogP contribution is 2.47. The Kier molecular flexibility index (Phi) is 3.38. The van der Waals surface area contributed by atoms with Gasteiger partial charge in [-0.15, -0.1) is 0 Å². The SMILES string of the molecule is CN[C@H]1CC[C@]2(C)O[C@H]1Cc1cc(OC)c(OC)cc12. The van der Waals surface area contributed by atoms with Gasteiger partial charge in [-0.1, -0.05) is 0 Å². The first-order valence-corrected chi connectivity index (χ1v) is 7.21. The van der Waals surface area contributed by atoms with Crippen LogP contribution in [0.1, 0.15) is 30.9 Å². The molecule has 0 radical (unpaired) electrons. The second-order valence-corrected chi connectivity index (χ2v) is 5.89. The van der Waals surface area contributed by atoms with Crippen LogP contribution in [0.25, 0.3) is 0 Å². The van der Waals surface area contributed by atoms with E-state index < -0.39 is 0 Å². The van der Waals surface area contributed by atoms with Crippen LogP contribution >= 0.6 is 0 Å². The summed E-state index contributed by atoms with van der Waals surface area (Å²) < 4.78 is 17.2. The van der Waals surface area contributed by atoms with Crippen molar-refractivity contribution in [2.24, 2.45) is 0 Å². The lowest BCUT2D eigenvalue weighted by Gasteiger charge is -2.48. The molecular weight excluding hydrogens is 254 g/mol. The molecule has 2 aliphatic rings. The first kappa shape index (κ1) is 13.7. The summed E-state index contributed by atoms with van der Waals surface area (Å²) in [5.41, 5.74) is 2.37. The van der Waals surface area contributed by atoms with Crippen LogP contribution in [0, 0.1) is 0 Å². The van der Waals surface area contributed by atoms with Crippen molar-refractivity contribution in [3.05, 3.63) is 23.3 Å². The number of ether oxygens (including phenoxy) is 3. The molecule has 1 fully saturated rings. The van der Waals surface area contributed by atoms with E-state index in [4.69, 9.17) is 14.2 Å². The van der Waals surface area contributed by atoms with Gasteiger partial charge in [0.2, 0.25) is 0 Å². The Labute approximate surface area is 120 Å². The third-order valence-corrected chi connectivity index (χ3v) is 4.76. The molecule has 2 heterocycles. The zero-order valence-electron chi connectivity index (χ0n) is 12.7. The molecule has 4 heteroatoms. The number of hydrogen-bond acceptors (Lipinski definition) is 4. The minimum Gasteiger partial charge on any atom is -0.493 e. The Bertz CT molecular complexity index is 517. The monoisotopic (exact) mass is 277 g/mol. The molecule has 0 saturated carbocycles. The van der Waals surface area contributed by atoms with Crippen molar-refractivity contribution in [1.82, 2.24) is 5.32 Å². The number of benzene rings is 1. The summed E-state index contributed by atoms with van der Waals surface area (Å²) in [5.74, 6) is 1.58. The van der Waals surface area contributed by atoms with Crippen molar-refractivity contribution in [1.29, 1.82) is 0 Å². The highest BCUT2D eigenvalue weighted by Gasteiger charge is 2.44. The molecule has 0 unspecified atom stereocenters. The van der Waals surface area contributed by atoms with Gasteiger partial charge in [-0.3, -0.25) is 0 Å². The number of rotatable bonds is 3. The van der Waals surface area contributed by atoms with Gasteiger partial charge in [-0.05, 0) is 50.1 Å². The van der Waals surface area contributed by atoms with Crippen LogP contribution in [-0.2, 0) is 16.8 Å². The lowest BCUT2D eigenvalue weighted by atomic mass is 9.76. The van der Waals surface area contributed by atoms with Crippen molar-refractivity contribution >= 4 is 0 Å². The maximum absolute atomic E-state index is 6.35. The fraction of sp³-hybridized carbons (Fsp3) is 0.625. The van der Waals surface area contributed by atoms with Gasteiger partial charge in [0.25, 0.3) is 0 Å². The molecule has 1 aromatic rings. The van der Waals surface area contributed by atoms with Crippen LogP contribution in [0.15, 0.2) is 12.1 Å². The summed E-state index contributed by atoms with van der Waals surface area (Å²) in [6.45, 7) is 2.19. The molecule has 1 saturated heterocycles. The van der Waals surface area contributed by atoms with E-state index >= 15 is 0 Å². The van der Waals surface area contributed by atoms with Crippen LogP contribution in [0.3, 0.4) is 0 Å². The van der Waals surface area contributed by atoms with Gasteiger partial charge in [0, 0.05) is 12.5 Å². The lowest BCUT2D eigenvalue weighted by Crippen LogP contribution is -2.53. The number of fused-ring (bicyclic) bond motifs is 4. The Balaban J connectivity index is 2.07. The van der Waals surface area contributed by atoms with Gasteiger partial charge in [-0.25, -0.2) is 0 Å². The Morgan fingerprint density at radius 3 is 2.60 bits per heavy atom. The highest BCUT2D eigenvalue weighted by molar-refractivity contribution is 5.50. The molecule has 110 valence electrons. The van der Waals surface area contributed by atoms with Crippen molar-refractivity contribution in [2.75, 3.05) is 21.3 Å². The Morgan fingerprint density at radius 1 is 1.25 bits per heavy atom. The number of likely N-dealkylation sites (N-methyl/N-ethyl adjacent to an activating group) is 1. The van der Waals surface area contributed by atoms with E-state index in [2.05, 4.69) is 24.4 Å². The molecule has 1 N–H and O–H groups in total. The molecule has 0 aromatic heterocycles. The molecule has 2 bridgehead atoms. The summed E-state index contributed by atoms with van der Waals surface area (Å²) in [5, 5.41) is 3.38. The molecule has 0 amide bonds. The molecule has 3 atom stereocenters.